The molecule has 0 radical (unpaired) electrons. The van der Waals surface area contributed by atoms with E-state index in [1.807, 2.05) is 47.8 Å². The number of carbonyl (C=O) groups excluding carboxylic acids is 3. The van der Waals surface area contributed by atoms with Crippen LogP contribution < -0.4 is 5.32 Å². The van der Waals surface area contributed by atoms with E-state index in [9.17, 15) is 14.4 Å². The fraction of sp³-hybridized carbons (Fsp3) is 0.148. The van der Waals surface area contributed by atoms with Crippen LogP contribution in [0.1, 0.15) is 42.9 Å². The maximum atomic E-state index is 13.7. The number of hydrogen-bond donors (Lipinski definition) is 1. The molecule has 1 atom stereocenters. The van der Waals surface area contributed by atoms with Crippen LogP contribution in [0.2, 0.25) is 0 Å². The van der Waals surface area contributed by atoms with Crippen molar-refractivity contribution in [3.63, 3.8) is 0 Å². The van der Waals surface area contributed by atoms with Gasteiger partial charge in [0, 0.05) is 23.8 Å². The van der Waals surface area contributed by atoms with Gasteiger partial charge in [-0.3, -0.25) is 14.6 Å². The van der Waals surface area contributed by atoms with E-state index in [2.05, 4.69) is 15.3 Å². The number of aromatic nitrogens is 2. The van der Waals surface area contributed by atoms with Crippen molar-refractivity contribution in [2.24, 2.45) is 0 Å². The molecule has 1 N–H and O–H groups in total. The Kier molecular flexibility index (Phi) is 8.15. The Morgan fingerprint density at radius 1 is 1.00 bits per heavy atom. The number of esters is 1. The summed E-state index contributed by atoms with van der Waals surface area (Å²) in [6, 6.07) is 18.8. The SMILES string of the molecule is COC(=O)c1ccc([C@@H](C(=O)NCc2ccccc2)N(Cc2cccs2)C(=O)c2cnccn2)cc1. The van der Waals surface area contributed by atoms with Gasteiger partial charge in [0.05, 0.1) is 25.4 Å². The normalized spacial score (nSPS) is 11.4. The maximum Gasteiger partial charge on any atom is 0.337 e. The zero-order valence-electron chi connectivity index (χ0n) is 19.5. The molecule has 0 fully saturated rings. The fourth-order valence-corrected chi connectivity index (χ4v) is 4.38. The Labute approximate surface area is 212 Å². The molecular formula is C27H24N4O4S. The Balaban J connectivity index is 1.72. The average Bonchev–Trinajstić information content (AvgIpc) is 3.45. The molecule has 2 aromatic heterocycles. The summed E-state index contributed by atoms with van der Waals surface area (Å²) in [4.78, 5) is 49.8. The van der Waals surface area contributed by atoms with Gasteiger partial charge in [-0.15, -0.1) is 11.3 Å². The van der Waals surface area contributed by atoms with Gasteiger partial charge in [0.25, 0.3) is 5.91 Å². The van der Waals surface area contributed by atoms with E-state index in [4.69, 9.17) is 4.74 Å². The number of carbonyl (C=O) groups is 3. The number of nitrogens with zero attached hydrogens (tertiary/aromatic N) is 3. The van der Waals surface area contributed by atoms with E-state index in [1.165, 1.54) is 41.9 Å². The lowest BCUT2D eigenvalue weighted by Gasteiger charge is -2.31. The van der Waals surface area contributed by atoms with Gasteiger partial charge >= 0.3 is 5.97 Å². The summed E-state index contributed by atoms with van der Waals surface area (Å²) in [6.07, 6.45) is 4.30. The molecule has 0 aliphatic rings. The molecule has 4 aromatic rings. The molecule has 36 heavy (non-hydrogen) atoms. The highest BCUT2D eigenvalue weighted by atomic mass is 32.1. The molecule has 9 heteroatoms. The Bertz CT molecular complexity index is 1300. The predicted octanol–water partition coefficient (Wildman–Crippen LogP) is 4.02. The quantitative estimate of drug-likeness (QED) is 0.348. The second kappa shape index (κ2) is 11.9. The number of ether oxygens (including phenoxy) is 1. The summed E-state index contributed by atoms with van der Waals surface area (Å²) in [5.74, 6) is -1.29. The smallest absolute Gasteiger partial charge is 0.337 e. The van der Waals surface area contributed by atoms with E-state index >= 15 is 0 Å². The molecule has 0 unspecified atom stereocenters. The molecule has 4 rings (SSSR count). The van der Waals surface area contributed by atoms with Crippen LogP contribution in [0.3, 0.4) is 0 Å². The minimum Gasteiger partial charge on any atom is -0.465 e. The lowest BCUT2D eigenvalue weighted by atomic mass is 10.0. The molecule has 182 valence electrons. The summed E-state index contributed by atoms with van der Waals surface area (Å²) < 4.78 is 4.79. The van der Waals surface area contributed by atoms with E-state index < -0.39 is 17.9 Å². The molecule has 0 bridgehead atoms. The first-order valence-corrected chi connectivity index (χ1v) is 12.0. The van der Waals surface area contributed by atoms with Gasteiger partial charge in [0.1, 0.15) is 11.7 Å². The first-order chi connectivity index (χ1) is 17.6. The summed E-state index contributed by atoms with van der Waals surface area (Å²) in [5, 5.41) is 4.87. The number of thiophene rings is 1. The Hall–Kier alpha value is -4.37. The molecule has 8 nitrogen and oxygen atoms in total. The van der Waals surface area contributed by atoms with Gasteiger partial charge in [0.2, 0.25) is 5.91 Å². The monoisotopic (exact) mass is 500 g/mol. The van der Waals surface area contributed by atoms with Crippen LogP contribution in [0.25, 0.3) is 0 Å². The Morgan fingerprint density at radius 3 is 2.42 bits per heavy atom. The largest absolute Gasteiger partial charge is 0.465 e. The maximum absolute atomic E-state index is 13.7. The van der Waals surface area contributed by atoms with E-state index in [-0.39, 0.29) is 18.1 Å². The third-order valence-corrected chi connectivity index (χ3v) is 6.33. The second-order valence-electron chi connectivity index (χ2n) is 7.82. The van der Waals surface area contributed by atoms with E-state index in [0.717, 1.165) is 10.4 Å². The summed E-state index contributed by atoms with van der Waals surface area (Å²) in [7, 11) is 1.30. The van der Waals surface area contributed by atoms with Gasteiger partial charge < -0.3 is 15.0 Å². The van der Waals surface area contributed by atoms with Crippen molar-refractivity contribution in [2.75, 3.05) is 7.11 Å². The van der Waals surface area contributed by atoms with Gasteiger partial charge in [-0.1, -0.05) is 48.5 Å². The van der Waals surface area contributed by atoms with Crippen molar-refractivity contribution in [3.05, 3.63) is 118 Å². The molecule has 0 saturated carbocycles. The standard InChI is InChI=1S/C27H24N4O4S/c1-35-27(34)21-11-9-20(10-12-21)24(25(32)30-16-19-6-3-2-4-7-19)31(18-22-8-5-15-36-22)26(33)23-17-28-13-14-29-23/h2-15,17,24H,16,18H2,1H3,(H,30,32)/t24-/m0/s1. The highest BCUT2D eigenvalue weighted by Gasteiger charge is 2.33. The van der Waals surface area contributed by atoms with Crippen molar-refractivity contribution in [1.82, 2.24) is 20.2 Å². The minimum atomic E-state index is -0.989. The van der Waals surface area contributed by atoms with Crippen molar-refractivity contribution in [2.45, 2.75) is 19.1 Å². The predicted molar refractivity (Wildman–Crippen MR) is 135 cm³/mol. The van der Waals surface area contributed by atoms with Crippen LogP contribution in [-0.2, 0) is 22.6 Å². The third-order valence-electron chi connectivity index (χ3n) is 5.47. The zero-order valence-corrected chi connectivity index (χ0v) is 20.4. The van der Waals surface area contributed by atoms with Crippen molar-refractivity contribution in [1.29, 1.82) is 0 Å². The van der Waals surface area contributed by atoms with Gasteiger partial charge in [-0.25, -0.2) is 9.78 Å². The average molecular weight is 501 g/mol. The van der Waals surface area contributed by atoms with E-state index in [0.29, 0.717) is 17.7 Å². The van der Waals surface area contributed by atoms with Crippen molar-refractivity contribution >= 4 is 29.1 Å². The van der Waals surface area contributed by atoms with Crippen LogP contribution in [0.15, 0.2) is 90.7 Å². The number of methoxy groups -OCH3 is 1. The lowest BCUT2D eigenvalue weighted by molar-refractivity contribution is -0.126. The van der Waals surface area contributed by atoms with Crippen LogP contribution in [-0.4, -0.2) is 39.8 Å². The van der Waals surface area contributed by atoms with Crippen LogP contribution >= 0.6 is 11.3 Å². The first-order valence-electron chi connectivity index (χ1n) is 11.2. The molecule has 0 aliphatic carbocycles. The number of nitrogens with one attached hydrogen (secondary N) is 1. The topological polar surface area (TPSA) is 101 Å². The second-order valence-corrected chi connectivity index (χ2v) is 8.85. The molecule has 0 aliphatic heterocycles. The summed E-state index contributed by atoms with van der Waals surface area (Å²) in [5.41, 5.74) is 1.94. The summed E-state index contributed by atoms with van der Waals surface area (Å²) in [6.45, 7) is 0.484. The zero-order chi connectivity index (χ0) is 25.3. The van der Waals surface area contributed by atoms with Gasteiger partial charge in [-0.05, 0) is 34.7 Å². The molecular weight excluding hydrogens is 476 g/mol. The summed E-state index contributed by atoms with van der Waals surface area (Å²) >= 11 is 1.48. The molecule has 2 heterocycles. The van der Waals surface area contributed by atoms with Gasteiger partial charge in [-0.2, -0.15) is 0 Å². The van der Waals surface area contributed by atoms with E-state index in [1.54, 1.807) is 24.3 Å². The van der Waals surface area contributed by atoms with Crippen LogP contribution in [0, 0.1) is 0 Å². The van der Waals surface area contributed by atoms with Crippen LogP contribution in [0.4, 0.5) is 0 Å². The minimum absolute atomic E-state index is 0.126. The number of amides is 2. The molecule has 0 spiro atoms. The number of rotatable bonds is 9. The number of benzene rings is 2. The van der Waals surface area contributed by atoms with Crippen molar-refractivity contribution in [3.8, 4) is 0 Å². The molecule has 2 amide bonds. The first kappa shape index (κ1) is 24.7. The fourth-order valence-electron chi connectivity index (χ4n) is 3.68. The molecule has 2 aromatic carbocycles. The van der Waals surface area contributed by atoms with Crippen LogP contribution in [0.5, 0.6) is 0 Å². The third kappa shape index (κ3) is 6.00. The number of hydrogen-bond acceptors (Lipinski definition) is 7. The highest BCUT2D eigenvalue weighted by molar-refractivity contribution is 7.09. The molecule has 0 saturated heterocycles. The van der Waals surface area contributed by atoms with Crippen molar-refractivity contribution < 1.29 is 19.1 Å². The van der Waals surface area contributed by atoms with Gasteiger partial charge in [0.15, 0.2) is 0 Å². The lowest BCUT2D eigenvalue weighted by Crippen LogP contribution is -2.43. The Morgan fingerprint density at radius 2 is 1.78 bits per heavy atom. The highest BCUT2D eigenvalue weighted by Crippen LogP contribution is 2.27.